The number of amides is 1. The molecule has 2 aromatic carbocycles. The first-order valence-electron chi connectivity index (χ1n) is 11.0. The first-order valence-corrected chi connectivity index (χ1v) is 11.8. The summed E-state index contributed by atoms with van der Waals surface area (Å²) in [6, 6.07) is 13.5. The predicted molar refractivity (Wildman–Crippen MR) is 136 cm³/mol. The van der Waals surface area contributed by atoms with Crippen molar-refractivity contribution < 1.29 is 19.4 Å². The summed E-state index contributed by atoms with van der Waals surface area (Å²) < 4.78 is 6.23. The number of carboxylic acids is 1. The average molecular weight is 482 g/mol. The highest BCUT2D eigenvalue weighted by atomic mass is 32.2. The summed E-state index contributed by atoms with van der Waals surface area (Å²) in [7, 11) is 1.62. The second-order valence-electron chi connectivity index (χ2n) is 8.79. The molecule has 3 rings (SSSR count). The van der Waals surface area contributed by atoms with Gasteiger partial charge in [0.15, 0.2) is 0 Å². The zero-order valence-electron chi connectivity index (χ0n) is 20.4. The number of aromatic nitrogens is 2. The van der Waals surface area contributed by atoms with Crippen LogP contribution in [0.25, 0.3) is 11.4 Å². The largest absolute Gasteiger partial charge is 0.480 e. The lowest BCUT2D eigenvalue weighted by Crippen LogP contribution is -2.26. The second kappa shape index (κ2) is 10.4. The lowest BCUT2D eigenvalue weighted by atomic mass is 10.1. The van der Waals surface area contributed by atoms with Gasteiger partial charge in [-0.2, -0.15) is 0 Å². The van der Waals surface area contributed by atoms with Crippen LogP contribution in [0.4, 0.5) is 5.69 Å². The summed E-state index contributed by atoms with van der Waals surface area (Å²) >= 11 is 1.28. The Morgan fingerprint density at radius 1 is 1.09 bits per heavy atom. The van der Waals surface area contributed by atoms with Gasteiger partial charge in [-0.1, -0.05) is 18.2 Å². The molecule has 0 spiro atoms. The molecule has 0 atom stereocenters. The van der Waals surface area contributed by atoms with E-state index in [1.54, 1.807) is 21.0 Å². The van der Waals surface area contributed by atoms with Crippen LogP contribution < -0.4 is 5.32 Å². The molecule has 0 fully saturated rings. The van der Waals surface area contributed by atoms with Crippen molar-refractivity contribution in [1.29, 1.82) is 0 Å². The minimum absolute atomic E-state index is 0.229. The minimum atomic E-state index is -0.936. The van der Waals surface area contributed by atoms with E-state index < -0.39 is 10.7 Å². The van der Waals surface area contributed by atoms with E-state index in [0.29, 0.717) is 30.4 Å². The monoisotopic (exact) mass is 481 g/mol. The molecule has 8 heteroatoms. The molecular weight excluding hydrogens is 450 g/mol. The van der Waals surface area contributed by atoms with E-state index in [9.17, 15) is 14.7 Å². The molecule has 0 saturated carbocycles. The van der Waals surface area contributed by atoms with Gasteiger partial charge in [-0.25, -0.2) is 4.98 Å². The van der Waals surface area contributed by atoms with Gasteiger partial charge in [0, 0.05) is 29.8 Å². The van der Waals surface area contributed by atoms with Gasteiger partial charge in [-0.15, -0.1) is 11.8 Å². The molecule has 7 nitrogen and oxygen atoms in total. The third-order valence-electron chi connectivity index (χ3n) is 5.36. The van der Waals surface area contributed by atoms with Crippen molar-refractivity contribution >= 4 is 29.3 Å². The maximum absolute atomic E-state index is 13.3. The maximum atomic E-state index is 13.3. The Hall–Kier alpha value is -3.10. The molecule has 0 bridgehead atoms. The highest BCUT2D eigenvalue weighted by molar-refractivity contribution is 8.01. The van der Waals surface area contributed by atoms with Gasteiger partial charge < -0.3 is 19.7 Å². The lowest BCUT2D eigenvalue weighted by Gasteiger charge is -2.18. The number of carbonyl (C=O) groups excluding carboxylic acids is 1. The normalized spacial score (nSPS) is 11.5. The van der Waals surface area contributed by atoms with Gasteiger partial charge >= 0.3 is 5.97 Å². The summed E-state index contributed by atoms with van der Waals surface area (Å²) in [6.07, 6.45) is 0. The van der Waals surface area contributed by atoms with Crippen molar-refractivity contribution in [2.24, 2.45) is 0 Å². The highest BCUT2D eigenvalue weighted by Gasteiger charge is 2.28. The van der Waals surface area contributed by atoms with E-state index in [1.807, 2.05) is 61.7 Å². The standard InChI is InChI=1S/C26H31N3O4S/c1-16-13-17(2)15-20(14-16)28-24(30)22-18(3)27-23(29(22)11-12-33-6)19-7-9-21(10-8-19)34-26(4,5)25(31)32/h7-10,13-15H,11-12H2,1-6H3,(H,28,30)(H,31,32). The number of anilines is 1. The molecular formula is C26H31N3O4S. The first-order chi connectivity index (χ1) is 16.0. The molecule has 2 N–H and O–H groups in total. The summed E-state index contributed by atoms with van der Waals surface area (Å²) in [6.45, 7) is 10.1. The molecule has 0 unspecified atom stereocenters. The van der Waals surface area contributed by atoms with Gasteiger partial charge in [-0.3, -0.25) is 9.59 Å². The van der Waals surface area contributed by atoms with Crippen molar-refractivity contribution in [3.8, 4) is 11.4 Å². The Labute approximate surface area is 204 Å². The molecule has 0 aliphatic heterocycles. The number of hydrogen-bond donors (Lipinski definition) is 2. The molecule has 1 amide bonds. The van der Waals surface area contributed by atoms with Crippen LogP contribution in [0.2, 0.25) is 0 Å². The third kappa shape index (κ3) is 5.87. The van der Waals surface area contributed by atoms with E-state index >= 15 is 0 Å². The number of carboxylic acid groups (broad SMARTS) is 1. The van der Waals surface area contributed by atoms with Crippen LogP contribution in [0.3, 0.4) is 0 Å². The lowest BCUT2D eigenvalue weighted by molar-refractivity contribution is -0.138. The molecule has 0 radical (unpaired) electrons. The summed E-state index contributed by atoms with van der Waals surface area (Å²) in [4.78, 5) is 30.3. The van der Waals surface area contributed by atoms with Crippen LogP contribution in [-0.4, -0.2) is 45.0 Å². The number of imidazole rings is 1. The number of ether oxygens (including phenoxy) is 1. The van der Waals surface area contributed by atoms with Crippen LogP contribution in [0.1, 0.15) is 41.2 Å². The molecule has 0 saturated heterocycles. The smallest absolute Gasteiger partial charge is 0.319 e. The van der Waals surface area contributed by atoms with Crippen molar-refractivity contribution in [2.45, 2.75) is 50.8 Å². The van der Waals surface area contributed by atoms with Crippen molar-refractivity contribution in [3.05, 3.63) is 65.0 Å². The fraction of sp³-hybridized carbons (Fsp3) is 0.346. The van der Waals surface area contributed by atoms with Crippen LogP contribution in [0.5, 0.6) is 0 Å². The van der Waals surface area contributed by atoms with Crippen LogP contribution >= 0.6 is 11.8 Å². The molecule has 1 aromatic heterocycles. The number of nitrogens with zero attached hydrogens (tertiary/aromatic N) is 2. The van der Waals surface area contributed by atoms with Crippen LogP contribution in [-0.2, 0) is 16.1 Å². The Morgan fingerprint density at radius 2 is 1.71 bits per heavy atom. The number of methoxy groups -OCH3 is 1. The van der Waals surface area contributed by atoms with E-state index in [-0.39, 0.29) is 5.91 Å². The quantitative estimate of drug-likeness (QED) is 0.401. The van der Waals surface area contributed by atoms with E-state index in [4.69, 9.17) is 9.72 Å². The zero-order chi connectivity index (χ0) is 25.0. The van der Waals surface area contributed by atoms with Gasteiger partial charge in [0.1, 0.15) is 16.3 Å². The van der Waals surface area contributed by atoms with Gasteiger partial charge in [-0.05, 0) is 70.0 Å². The fourth-order valence-electron chi connectivity index (χ4n) is 3.73. The van der Waals surface area contributed by atoms with Crippen molar-refractivity contribution in [1.82, 2.24) is 9.55 Å². The highest BCUT2D eigenvalue weighted by Crippen LogP contribution is 2.34. The Morgan fingerprint density at radius 3 is 2.26 bits per heavy atom. The fourth-order valence-corrected chi connectivity index (χ4v) is 4.68. The Balaban J connectivity index is 1.95. The second-order valence-corrected chi connectivity index (χ2v) is 10.5. The number of thioether (sulfide) groups is 1. The number of carbonyl (C=O) groups is 2. The molecule has 1 heterocycles. The topological polar surface area (TPSA) is 93.4 Å². The molecule has 180 valence electrons. The summed E-state index contributed by atoms with van der Waals surface area (Å²) in [5, 5.41) is 12.4. The van der Waals surface area contributed by atoms with E-state index in [0.717, 1.165) is 27.3 Å². The molecule has 3 aromatic rings. The average Bonchev–Trinajstić information content (AvgIpc) is 3.07. The Kier molecular flexibility index (Phi) is 7.84. The van der Waals surface area contributed by atoms with Gasteiger partial charge in [0.05, 0.1) is 12.3 Å². The Bertz CT molecular complexity index is 1180. The third-order valence-corrected chi connectivity index (χ3v) is 6.55. The number of benzene rings is 2. The van der Waals surface area contributed by atoms with Gasteiger partial charge in [0.2, 0.25) is 0 Å². The number of aryl methyl sites for hydroxylation is 3. The number of nitrogens with one attached hydrogen (secondary N) is 1. The van der Waals surface area contributed by atoms with E-state index in [2.05, 4.69) is 11.4 Å². The van der Waals surface area contributed by atoms with Crippen molar-refractivity contribution in [2.75, 3.05) is 19.0 Å². The number of hydrogen-bond acceptors (Lipinski definition) is 5. The first kappa shape index (κ1) is 25.5. The van der Waals surface area contributed by atoms with Crippen molar-refractivity contribution in [3.63, 3.8) is 0 Å². The SMILES string of the molecule is COCCn1c(-c2ccc(SC(C)(C)C(=O)O)cc2)nc(C)c1C(=O)Nc1cc(C)cc(C)c1. The van der Waals surface area contributed by atoms with Crippen LogP contribution in [0.15, 0.2) is 47.4 Å². The van der Waals surface area contributed by atoms with Crippen LogP contribution in [0, 0.1) is 20.8 Å². The maximum Gasteiger partial charge on any atom is 0.319 e. The predicted octanol–water partition coefficient (Wildman–Crippen LogP) is 5.33. The minimum Gasteiger partial charge on any atom is -0.480 e. The number of aliphatic carboxylic acids is 1. The van der Waals surface area contributed by atoms with E-state index in [1.165, 1.54) is 11.8 Å². The van der Waals surface area contributed by atoms with Gasteiger partial charge in [0.25, 0.3) is 5.91 Å². The zero-order valence-corrected chi connectivity index (χ0v) is 21.2. The summed E-state index contributed by atoms with van der Waals surface area (Å²) in [5.41, 5.74) is 4.83. The number of rotatable bonds is 9. The molecule has 0 aliphatic rings. The molecule has 0 aliphatic carbocycles. The molecule has 34 heavy (non-hydrogen) atoms. The summed E-state index contributed by atoms with van der Waals surface area (Å²) in [5.74, 6) is -0.436.